The third-order valence-corrected chi connectivity index (χ3v) is 3.18. The number of carboxylic acids is 1. The van der Waals surface area contributed by atoms with Gasteiger partial charge in [-0.1, -0.05) is 12.1 Å². The van der Waals surface area contributed by atoms with Crippen molar-refractivity contribution in [2.75, 3.05) is 32.8 Å². The molecule has 0 amide bonds. The fraction of sp³-hybridized carbons (Fsp3) is 0.500. The van der Waals surface area contributed by atoms with E-state index in [1.54, 1.807) is 0 Å². The van der Waals surface area contributed by atoms with Gasteiger partial charge >= 0.3 is 0 Å². The number of carbonyl (C=O) groups excluding carboxylic acids is 1. The number of carbonyl (C=O) groups is 1. The lowest BCUT2D eigenvalue weighted by atomic mass is 10.2. The van der Waals surface area contributed by atoms with E-state index in [9.17, 15) is 9.90 Å². The Morgan fingerprint density at radius 1 is 1.37 bits per heavy atom. The smallest absolute Gasteiger partial charge is 0.119 e. The molecule has 0 unspecified atom stereocenters. The standard InChI is InChI=1S/C14H20N2O3/c17-14(18)4-9-19-13-3-1-2-12(10-13)11-16-7-5-15-6-8-16/h1-3,10,15H,4-9,11H2,(H,17,18). The zero-order valence-electron chi connectivity index (χ0n) is 11.0. The lowest BCUT2D eigenvalue weighted by Crippen LogP contribution is -2.89. The third-order valence-electron chi connectivity index (χ3n) is 3.18. The van der Waals surface area contributed by atoms with Gasteiger partial charge < -0.3 is 20.0 Å². The van der Waals surface area contributed by atoms with E-state index in [0.717, 1.165) is 38.5 Å². The van der Waals surface area contributed by atoms with E-state index in [0.29, 0.717) is 0 Å². The maximum absolute atomic E-state index is 10.3. The first-order chi connectivity index (χ1) is 9.24. The first-order valence-electron chi connectivity index (χ1n) is 6.69. The van der Waals surface area contributed by atoms with Crippen LogP contribution in [0.25, 0.3) is 0 Å². The van der Waals surface area contributed by atoms with Crippen molar-refractivity contribution in [3.8, 4) is 5.75 Å². The second kappa shape index (κ2) is 7.11. The van der Waals surface area contributed by atoms with Crippen molar-refractivity contribution < 1.29 is 20.0 Å². The minimum absolute atomic E-state index is 0.0772. The number of carboxylic acid groups (broad SMARTS) is 1. The molecule has 5 nitrogen and oxygen atoms in total. The quantitative estimate of drug-likeness (QED) is 0.685. The second-order valence-electron chi connectivity index (χ2n) is 4.76. The molecule has 0 aliphatic carbocycles. The van der Waals surface area contributed by atoms with E-state index < -0.39 is 5.97 Å². The Labute approximate surface area is 113 Å². The highest BCUT2D eigenvalue weighted by Crippen LogP contribution is 2.15. The monoisotopic (exact) mass is 264 g/mol. The molecular formula is C14H20N2O3. The summed E-state index contributed by atoms with van der Waals surface area (Å²) in [6.45, 7) is 5.60. The zero-order valence-corrected chi connectivity index (χ0v) is 11.0. The van der Waals surface area contributed by atoms with E-state index >= 15 is 0 Å². The second-order valence-corrected chi connectivity index (χ2v) is 4.76. The number of hydrogen-bond acceptors (Lipinski definition) is 4. The minimum Gasteiger partial charge on any atom is -0.550 e. The average molecular weight is 264 g/mol. The van der Waals surface area contributed by atoms with Crippen LogP contribution < -0.4 is 15.2 Å². The Bertz CT molecular complexity index is 417. The number of nitrogens with zero attached hydrogens (tertiary/aromatic N) is 1. The molecule has 2 N–H and O–H groups in total. The zero-order chi connectivity index (χ0) is 13.5. The van der Waals surface area contributed by atoms with Gasteiger partial charge in [-0.05, 0) is 17.7 Å². The molecular weight excluding hydrogens is 244 g/mol. The summed E-state index contributed by atoms with van der Waals surface area (Å²) in [5.41, 5.74) is 1.20. The molecule has 19 heavy (non-hydrogen) atoms. The first kappa shape index (κ1) is 13.8. The fourth-order valence-electron chi connectivity index (χ4n) is 2.21. The molecule has 1 saturated heterocycles. The lowest BCUT2D eigenvalue weighted by molar-refractivity contribution is -0.663. The summed E-state index contributed by atoms with van der Waals surface area (Å²) in [6, 6.07) is 7.85. The van der Waals surface area contributed by atoms with E-state index in [1.807, 2.05) is 18.2 Å². The number of aliphatic carboxylic acids is 1. The highest BCUT2D eigenvalue weighted by molar-refractivity contribution is 5.64. The number of rotatable bonds is 6. The molecule has 0 atom stereocenters. The van der Waals surface area contributed by atoms with Gasteiger partial charge in [0.15, 0.2) is 0 Å². The van der Waals surface area contributed by atoms with E-state index in [1.165, 1.54) is 5.56 Å². The van der Waals surface area contributed by atoms with Gasteiger partial charge in [-0.15, -0.1) is 0 Å². The SMILES string of the molecule is O=C([O-])CCOc1cccc(CN2CC[NH2+]CC2)c1. The highest BCUT2D eigenvalue weighted by Gasteiger charge is 2.12. The van der Waals surface area contributed by atoms with Crippen molar-refractivity contribution in [1.29, 1.82) is 0 Å². The van der Waals surface area contributed by atoms with Crippen LogP contribution in [-0.4, -0.2) is 43.7 Å². The van der Waals surface area contributed by atoms with Crippen LogP contribution in [0, 0.1) is 0 Å². The predicted molar refractivity (Wildman–Crippen MR) is 68.5 cm³/mol. The van der Waals surface area contributed by atoms with Crippen molar-refractivity contribution in [1.82, 2.24) is 4.90 Å². The molecule has 104 valence electrons. The summed E-state index contributed by atoms with van der Waals surface area (Å²) < 4.78 is 5.40. The van der Waals surface area contributed by atoms with Crippen LogP contribution in [0.4, 0.5) is 0 Å². The number of quaternary nitrogens is 1. The number of ether oxygens (including phenoxy) is 1. The molecule has 1 aromatic rings. The molecule has 5 heteroatoms. The van der Waals surface area contributed by atoms with Crippen LogP contribution in [0.5, 0.6) is 5.75 Å². The Morgan fingerprint density at radius 2 is 2.16 bits per heavy atom. The van der Waals surface area contributed by atoms with Gasteiger partial charge in [-0.2, -0.15) is 0 Å². The van der Waals surface area contributed by atoms with Crippen LogP contribution in [0.3, 0.4) is 0 Å². The molecule has 1 fully saturated rings. The largest absolute Gasteiger partial charge is 0.550 e. The van der Waals surface area contributed by atoms with E-state index in [4.69, 9.17) is 4.74 Å². The maximum atomic E-state index is 10.3. The molecule has 0 saturated carbocycles. The maximum Gasteiger partial charge on any atom is 0.119 e. The van der Waals surface area contributed by atoms with Crippen molar-refractivity contribution in [2.24, 2.45) is 0 Å². The molecule has 1 aliphatic rings. The molecule has 2 rings (SSSR count). The van der Waals surface area contributed by atoms with Crippen LogP contribution in [0.15, 0.2) is 24.3 Å². The Kier molecular flexibility index (Phi) is 5.18. The summed E-state index contributed by atoms with van der Waals surface area (Å²) in [5, 5.41) is 12.6. The van der Waals surface area contributed by atoms with Gasteiger partial charge in [-0.3, -0.25) is 4.90 Å². The van der Waals surface area contributed by atoms with Gasteiger partial charge in [-0.25, -0.2) is 0 Å². The van der Waals surface area contributed by atoms with Crippen LogP contribution in [0.2, 0.25) is 0 Å². The molecule has 0 bridgehead atoms. The Balaban J connectivity index is 1.85. The van der Waals surface area contributed by atoms with Crippen molar-refractivity contribution in [2.45, 2.75) is 13.0 Å². The lowest BCUT2D eigenvalue weighted by Gasteiger charge is -2.25. The van der Waals surface area contributed by atoms with E-state index in [-0.39, 0.29) is 13.0 Å². The van der Waals surface area contributed by atoms with Gasteiger partial charge in [0.1, 0.15) is 5.75 Å². The summed E-state index contributed by atoms with van der Waals surface area (Å²) in [6.07, 6.45) is -0.0772. The fourth-order valence-corrected chi connectivity index (χ4v) is 2.21. The van der Waals surface area contributed by atoms with Crippen molar-refractivity contribution in [3.05, 3.63) is 29.8 Å². The normalized spacial score (nSPS) is 16.2. The minimum atomic E-state index is -1.08. The molecule has 1 heterocycles. The van der Waals surface area contributed by atoms with Crippen molar-refractivity contribution >= 4 is 5.97 Å². The molecule has 0 spiro atoms. The Hall–Kier alpha value is -1.59. The highest BCUT2D eigenvalue weighted by atomic mass is 16.5. The molecule has 1 aromatic carbocycles. The number of nitrogens with two attached hydrogens (primary N) is 1. The van der Waals surface area contributed by atoms with Gasteiger partial charge in [0, 0.05) is 32.0 Å². The van der Waals surface area contributed by atoms with Crippen LogP contribution in [-0.2, 0) is 11.3 Å². The summed E-state index contributed by atoms with van der Waals surface area (Å²) in [5.74, 6) is -0.358. The summed E-state index contributed by atoms with van der Waals surface area (Å²) in [7, 11) is 0. The first-order valence-corrected chi connectivity index (χ1v) is 6.69. The predicted octanol–water partition coefficient (Wildman–Crippen LogP) is -1.42. The van der Waals surface area contributed by atoms with Gasteiger partial charge in [0.05, 0.1) is 19.7 Å². The molecule has 1 aliphatic heterocycles. The summed E-state index contributed by atoms with van der Waals surface area (Å²) in [4.78, 5) is 12.7. The average Bonchev–Trinajstić information content (AvgIpc) is 2.40. The third kappa shape index (κ3) is 4.89. The summed E-state index contributed by atoms with van der Waals surface area (Å²) >= 11 is 0. The molecule has 0 radical (unpaired) electrons. The van der Waals surface area contributed by atoms with Crippen LogP contribution >= 0.6 is 0 Å². The van der Waals surface area contributed by atoms with E-state index in [2.05, 4.69) is 16.3 Å². The number of benzene rings is 1. The van der Waals surface area contributed by atoms with Gasteiger partial charge in [0.25, 0.3) is 0 Å². The van der Waals surface area contributed by atoms with Gasteiger partial charge in [0.2, 0.25) is 0 Å². The molecule has 0 aromatic heterocycles. The van der Waals surface area contributed by atoms with Crippen LogP contribution in [0.1, 0.15) is 12.0 Å². The van der Waals surface area contributed by atoms with Crippen molar-refractivity contribution in [3.63, 3.8) is 0 Å². The Morgan fingerprint density at radius 3 is 2.89 bits per heavy atom. The number of piperazine rings is 1. The topological polar surface area (TPSA) is 69.2 Å². The number of hydrogen-bond donors (Lipinski definition) is 1.